The van der Waals surface area contributed by atoms with Gasteiger partial charge in [-0.15, -0.1) is 11.3 Å². The third-order valence-corrected chi connectivity index (χ3v) is 13.4. The van der Waals surface area contributed by atoms with Gasteiger partial charge in [-0.2, -0.15) is 0 Å². The number of hydrogen-bond acceptors (Lipinski definition) is 8. The highest BCUT2D eigenvalue weighted by Crippen LogP contribution is 2.41. The molecule has 2 saturated heterocycles. The maximum atomic E-state index is 14.1. The van der Waals surface area contributed by atoms with Crippen LogP contribution in [0, 0.1) is 0 Å². The van der Waals surface area contributed by atoms with Crippen molar-refractivity contribution in [3.63, 3.8) is 0 Å². The van der Waals surface area contributed by atoms with Gasteiger partial charge in [-0.1, -0.05) is 84.9 Å². The highest BCUT2D eigenvalue weighted by Gasteiger charge is 2.38. The Kier molecular flexibility index (Phi) is 10.1. The molecule has 312 valence electrons. The molecule has 2 aliphatic heterocycles. The smallest absolute Gasteiger partial charge is 0.407 e. The number of benzene rings is 5. The van der Waals surface area contributed by atoms with Gasteiger partial charge in [0.2, 0.25) is 11.8 Å². The number of carbonyl (C=O) groups is 4. The summed E-state index contributed by atoms with van der Waals surface area (Å²) in [6, 6.07) is 33.3. The summed E-state index contributed by atoms with van der Waals surface area (Å²) in [5.41, 5.74) is 6.02. The molecule has 13 nitrogen and oxygen atoms in total. The van der Waals surface area contributed by atoms with Crippen LogP contribution in [0.4, 0.5) is 4.79 Å². The largest absolute Gasteiger partial charge is 0.453 e. The van der Waals surface area contributed by atoms with Gasteiger partial charge in [-0.25, -0.2) is 14.8 Å². The van der Waals surface area contributed by atoms with E-state index in [2.05, 4.69) is 57.0 Å². The average Bonchev–Trinajstić information content (AvgIpc) is 4.15. The molecule has 2 fully saturated rings. The van der Waals surface area contributed by atoms with Crippen molar-refractivity contribution in [2.75, 3.05) is 20.2 Å². The molecule has 62 heavy (non-hydrogen) atoms. The number of carbonyl (C=O) groups excluding carboxylic acids is 4. The first kappa shape index (κ1) is 39.1. The normalized spacial score (nSPS) is 17.5. The van der Waals surface area contributed by atoms with E-state index in [9.17, 15) is 19.2 Å². The number of ether oxygens (including phenoxy) is 1. The standard InChI is InChI=1S/C48H44N8O5S/c1-27(57)49-39(28-11-5-3-6-12-28)46(58)55-23-10-16-37(55)45-51-35-22-19-32-26-38(62-43(32)42(35)53-45)31-17-20-33-30(25-31)18-21-34-41(33)52-44(50-34)36-15-9-24-56(36)47(59)40(54-48(60)61-2)29-13-7-4-8-14-29/h3-8,11-14,17-22,25-26,36-37,39-40H,9-10,15-16,23-24H2,1-2H3,(H,49,57)(H,50,52)(H,51,53)(H,54,60)/t36-,37-,39+,40+/m0/s1. The van der Waals surface area contributed by atoms with Crippen molar-refractivity contribution < 1.29 is 23.9 Å². The number of aromatic amines is 2. The van der Waals surface area contributed by atoms with Crippen molar-refractivity contribution in [2.45, 2.75) is 56.8 Å². The van der Waals surface area contributed by atoms with Gasteiger partial charge in [-0.3, -0.25) is 14.4 Å². The fraction of sp³-hybridized carbons (Fsp3) is 0.250. The fourth-order valence-corrected chi connectivity index (χ4v) is 10.4. The number of fused-ring (bicyclic) bond motifs is 6. The molecule has 5 aromatic carbocycles. The zero-order chi connectivity index (χ0) is 42.5. The van der Waals surface area contributed by atoms with Gasteiger partial charge in [0.1, 0.15) is 23.7 Å². The topological polar surface area (TPSA) is 165 Å². The number of likely N-dealkylation sites (tertiary alicyclic amines) is 2. The Labute approximate surface area is 360 Å². The molecular weight excluding hydrogens is 801 g/mol. The van der Waals surface area contributed by atoms with E-state index in [-0.39, 0.29) is 29.8 Å². The Morgan fingerprint density at radius 2 is 1.26 bits per heavy atom. The molecule has 5 heterocycles. The summed E-state index contributed by atoms with van der Waals surface area (Å²) in [6.07, 6.45) is 2.50. The minimum Gasteiger partial charge on any atom is -0.453 e. The van der Waals surface area contributed by atoms with Gasteiger partial charge in [0.05, 0.1) is 46.0 Å². The summed E-state index contributed by atoms with van der Waals surface area (Å²) in [6.45, 7) is 2.57. The van der Waals surface area contributed by atoms with Crippen molar-refractivity contribution in [1.82, 2.24) is 40.4 Å². The van der Waals surface area contributed by atoms with Crippen LogP contribution in [0.3, 0.4) is 0 Å². The summed E-state index contributed by atoms with van der Waals surface area (Å²) in [7, 11) is 1.29. The molecule has 14 heteroatoms. The summed E-state index contributed by atoms with van der Waals surface area (Å²) in [5, 5.41) is 8.80. The van der Waals surface area contributed by atoms with Gasteiger partial charge in [0, 0.05) is 30.3 Å². The number of aromatic nitrogens is 4. The van der Waals surface area contributed by atoms with Crippen molar-refractivity contribution in [3.8, 4) is 10.4 Å². The molecule has 0 aliphatic carbocycles. The predicted molar refractivity (Wildman–Crippen MR) is 239 cm³/mol. The van der Waals surface area contributed by atoms with Crippen LogP contribution >= 0.6 is 11.3 Å². The number of imidazole rings is 2. The van der Waals surface area contributed by atoms with Crippen LogP contribution in [0.25, 0.3) is 53.4 Å². The molecule has 0 saturated carbocycles. The molecule has 4 amide bonds. The van der Waals surface area contributed by atoms with Gasteiger partial charge in [0.15, 0.2) is 0 Å². The second kappa shape index (κ2) is 16.1. The molecule has 0 bridgehead atoms. The number of nitrogens with one attached hydrogen (secondary N) is 4. The number of alkyl carbamates (subject to hydrolysis) is 1. The number of nitrogens with zero attached hydrogens (tertiary/aromatic N) is 4. The lowest BCUT2D eigenvalue weighted by Crippen LogP contribution is -2.42. The maximum Gasteiger partial charge on any atom is 0.407 e. The Morgan fingerprint density at radius 3 is 1.85 bits per heavy atom. The monoisotopic (exact) mass is 844 g/mol. The van der Waals surface area contributed by atoms with Crippen LogP contribution in [0.2, 0.25) is 0 Å². The molecule has 2 aliphatic rings. The Balaban J connectivity index is 0.922. The summed E-state index contributed by atoms with van der Waals surface area (Å²) in [5.74, 6) is 0.848. The first-order valence-corrected chi connectivity index (χ1v) is 21.7. The Bertz CT molecular complexity index is 3020. The number of thiophene rings is 1. The van der Waals surface area contributed by atoms with Gasteiger partial charge < -0.3 is 35.1 Å². The fourth-order valence-electron chi connectivity index (χ4n) is 9.24. The lowest BCUT2D eigenvalue weighted by atomic mass is 10.0. The first-order chi connectivity index (χ1) is 30.2. The zero-order valence-corrected chi connectivity index (χ0v) is 35.0. The van der Waals surface area contributed by atoms with Gasteiger partial charge in [-0.05, 0) is 77.4 Å². The van der Waals surface area contributed by atoms with Crippen LogP contribution in [0.5, 0.6) is 0 Å². The summed E-state index contributed by atoms with van der Waals surface area (Å²) in [4.78, 5) is 74.7. The van der Waals surface area contributed by atoms with E-state index in [4.69, 9.17) is 14.7 Å². The van der Waals surface area contributed by atoms with Crippen molar-refractivity contribution in [2.24, 2.45) is 0 Å². The zero-order valence-electron chi connectivity index (χ0n) is 34.2. The minimum absolute atomic E-state index is 0.143. The Morgan fingerprint density at radius 1 is 0.694 bits per heavy atom. The van der Waals surface area contributed by atoms with E-state index >= 15 is 0 Å². The number of hydrogen-bond donors (Lipinski definition) is 4. The predicted octanol–water partition coefficient (Wildman–Crippen LogP) is 8.78. The van der Waals surface area contributed by atoms with E-state index in [1.54, 1.807) is 11.3 Å². The third-order valence-electron chi connectivity index (χ3n) is 12.2. The van der Waals surface area contributed by atoms with Crippen LogP contribution in [-0.2, 0) is 19.1 Å². The van der Waals surface area contributed by atoms with Gasteiger partial charge >= 0.3 is 6.09 Å². The number of amides is 4. The van der Waals surface area contributed by atoms with Crippen molar-refractivity contribution >= 4 is 78.1 Å². The van der Waals surface area contributed by atoms with Crippen LogP contribution in [0.1, 0.15) is 79.6 Å². The van der Waals surface area contributed by atoms with Crippen LogP contribution in [-0.4, -0.2) is 73.7 Å². The average molecular weight is 845 g/mol. The summed E-state index contributed by atoms with van der Waals surface area (Å²) < 4.78 is 5.96. The van der Waals surface area contributed by atoms with E-state index in [0.29, 0.717) is 24.5 Å². The van der Waals surface area contributed by atoms with Crippen LogP contribution < -0.4 is 10.6 Å². The Hall–Kier alpha value is -7.06. The maximum absolute atomic E-state index is 14.1. The highest BCUT2D eigenvalue weighted by atomic mass is 32.1. The molecule has 0 unspecified atom stereocenters. The molecule has 4 N–H and O–H groups in total. The van der Waals surface area contributed by atoms with Gasteiger partial charge in [0.25, 0.3) is 5.91 Å². The van der Waals surface area contributed by atoms with Crippen molar-refractivity contribution in [1.29, 1.82) is 0 Å². The molecule has 3 aromatic heterocycles. The quantitative estimate of drug-likeness (QED) is 0.113. The molecule has 10 rings (SSSR count). The second-order valence-electron chi connectivity index (χ2n) is 16.0. The van der Waals surface area contributed by atoms with E-state index in [1.165, 1.54) is 14.0 Å². The number of H-pyrrole nitrogens is 2. The molecular formula is C48H44N8O5S. The second-order valence-corrected chi connectivity index (χ2v) is 17.1. The lowest BCUT2D eigenvalue weighted by molar-refractivity contribution is -0.137. The first-order valence-electron chi connectivity index (χ1n) is 20.9. The molecule has 0 radical (unpaired) electrons. The summed E-state index contributed by atoms with van der Waals surface area (Å²) >= 11 is 1.70. The van der Waals surface area contributed by atoms with E-state index in [0.717, 1.165) is 90.4 Å². The lowest BCUT2D eigenvalue weighted by Gasteiger charge is -2.28. The van der Waals surface area contributed by atoms with E-state index in [1.807, 2.05) is 82.6 Å². The highest BCUT2D eigenvalue weighted by molar-refractivity contribution is 7.23. The third kappa shape index (κ3) is 7.09. The number of methoxy groups -OCH3 is 1. The molecule has 8 aromatic rings. The minimum atomic E-state index is -0.892. The van der Waals surface area contributed by atoms with Crippen molar-refractivity contribution in [3.05, 3.63) is 132 Å². The van der Waals surface area contributed by atoms with Crippen LogP contribution in [0.15, 0.2) is 109 Å². The SMILES string of the molecule is COC(=O)N[C@@H](C(=O)N1CCC[C@H]1c1nc2ccc3cc(-c4cc5ccc6nc([C@@H]7CCCN7C(=O)[C@H](NC(C)=O)c7ccccc7)[nH]c6c5s4)ccc3c2[nH]1)c1ccccc1. The molecule has 4 atom stereocenters. The van der Waals surface area contributed by atoms with E-state index < -0.39 is 18.2 Å². The number of rotatable bonds is 9. The molecule has 0 spiro atoms.